The Morgan fingerprint density at radius 1 is 0.833 bits per heavy atom. The van der Waals surface area contributed by atoms with Crippen molar-refractivity contribution in [1.29, 1.82) is 0 Å². The van der Waals surface area contributed by atoms with Gasteiger partial charge >= 0.3 is 0 Å². The van der Waals surface area contributed by atoms with E-state index in [2.05, 4.69) is 130 Å². The van der Waals surface area contributed by atoms with Crippen molar-refractivity contribution in [3.8, 4) is 0 Å². The Kier molecular flexibility index (Phi) is 14.5. The third kappa shape index (κ3) is 12.4. The Morgan fingerprint density at radius 3 is 2.12 bits per heavy atom. The lowest BCUT2D eigenvalue weighted by molar-refractivity contribution is 0.116. The zero-order chi connectivity index (χ0) is 31.5. The molecule has 7 atom stereocenters. The fraction of sp³-hybridized carbons (Fsp3) is 0.650. The van der Waals surface area contributed by atoms with Gasteiger partial charge in [0.15, 0.2) is 0 Å². The van der Waals surface area contributed by atoms with E-state index in [4.69, 9.17) is 0 Å². The fourth-order valence-corrected chi connectivity index (χ4v) is 6.94. The van der Waals surface area contributed by atoms with Gasteiger partial charge in [0.1, 0.15) is 0 Å². The van der Waals surface area contributed by atoms with Gasteiger partial charge in [-0.25, -0.2) is 0 Å². The van der Waals surface area contributed by atoms with Crippen LogP contribution in [0.4, 0.5) is 0 Å². The molecule has 0 aromatic carbocycles. The van der Waals surface area contributed by atoms with Gasteiger partial charge < -0.3 is 10.2 Å². The molecule has 4 unspecified atom stereocenters. The lowest BCUT2D eigenvalue weighted by Crippen LogP contribution is -2.32. The van der Waals surface area contributed by atoms with Gasteiger partial charge in [0.05, 0.1) is 12.2 Å². The maximum absolute atomic E-state index is 10.1. The molecule has 0 heterocycles. The molecule has 0 spiro atoms. The molecule has 0 amide bonds. The first-order valence-electron chi connectivity index (χ1n) is 16.7. The van der Waals surface area contributed by atoms with E-state index in [1.165, 1.54) is 23.1 Å². The van der Waals surface area contributed by atoms with Crippen LogP contribution in [0, 0.1) is 40.4 Å². The van der Waals surface area contributed by atoms with Crippen LogP contribution in [0.2, 0.25) is 0 Å². The second-order valence-corrected chi connectivity index (χ2v) is 15.2. The van der Waals surface area contributed by atoms with Crippen LogP contribution in [0.25, 0.3) is 0 Å². The Balaban J connectivity index is 1.69. The van der Waals surface area contributed by atoms with Crippen LogP contribution in [-0.4, -0.2) is 22.4 Å². The van der Waals surface area contributed by atoms with Gasteiger partial charge in [0.25, 0.3) is 0 Å². The summed E-state index contributed by atoms with van der Waals surface area (Å²) in [5, 5.41) is 20.2. The molecule has 2 nitrogen and oxygen atoms in total. The van der Waals surface area contributed by atoms with Crippen molar-refractivity contribution in [1.82, 2.24) is 0 Å². The second kappa shape index (κ2) is 16.8. The third-order valence-electron chi connectivity index (χ3n) is 9.39. The molecule has 0 aromatic heterocycles. The second-order valence-electron chi connectivity index (χ2n) is 15.2. The number of aliphatic hydroxyl groups excluding tert-OH is 2. The van der Waals surface area contributed by atoms with Crippen LogP contribution in [0.1, 0.15) is 114 Å². The molecule has 42 heavy (non-hydrogen) atoms. The Bertz CT molecular complexity index is 1040. The van der Waals surface area contributed by atoms with Gasteiger partial charge in [-0.3, -0.25) is 0 Å². The van der Waals surface area contributed by atoms with Crippen LogP contribution < -0.4 is 0 Å². The number of hydrogen-bond donors (Lipinski definition) is 2. The highest BCUT2D eigenvalue weighted by Crippen LogP contribution is 2.42. The first-order chi connectivity index (χ1) is 19.6. The largest absolute Gasteiger partial charge is 0.393 e. The highest BCUT2D eigenvalue weighted by molar-refractivity contribution is 5.34. The van der Waals surface area contributed by atoms with E-state index in [0.29, 0.717) is 29.6 Å². The van der Waals surface area contributed by atoms with Crippen molar-refractivity contribution in [3.05, 3.63) is 83.6 Å². The number of allylic oxidation sites excluding steroid dienone is 12. The number of hydrogen-bond acceptors (Lipinski definition) is 2. The first kappa shape index (κ1) is 36.3. The maximum atomic E-state index is 10.1. The van der Waals surface area contributed by atoms with Crippen molar-refractivity contribution in [2.45, 2.75) is 126 Å². The summed E-state index contributed by atoms with van der Waals surface area (Å²) < 4.78 is 0. The predicted molar refractivity (Wildman–Crippen MR) is 184 cm³/mol. The van der Waals surface area contributed by atoms with E-state index >= 15 is 0 Å². The van der Waals surface area contributed by atoms with Crippen LogP contribution in [-0.2, 0) is 0 Å². The highest BCUT2D eigenvalue weighted by atomic mass is 16.3. The molecule has 0 fully saturated rings. The molecule has 2 heteroatoms. The summed E-state index contributed by atoms with van der Waals surface area (Å²) >= 11 is 0. The Morgan fingerprint density at radius 2 is 1.48 bits per heavy atom. The van der Waals surface area contributed by atoms with Gasteiger partial charge in [-0.15, -0.1) is 0 Å². The van der Waals surface area contributed by atoms with Crippen LogP contribution in [0.3, 0.4) is 0 Å². The highest BCUT2D eigenvalue weighted by Gasteiger charge is 2.34. The summed E-state index contributed by atoms with van der Waals surface area (Å²) in [6, 6.07) is 0. The van der Waals surface area contributed by atoms with E-state index < -0.39 is 0 Å². The van der Waals surface area contributed by atoms with Gasteiger partial charge in [-0.1, -0.05) is 133 Å². The molecule has 2 rings (SSSR count). The van der Waals surface area contributed by atoms with Crippen molar-refractivity contribution < 1.29 is 10.2 Å². The standard InChI is InChI=1S/C40H64O2/c1-29(17-13-19-31(3)21-23-37-33(5)25-35(41)27-39(37,7)8)15-11-12-16-30(2)18-14-20-32(4)22-24-38-34(6)26-36(42)28-40(38,9)10/h11,13-15,19-25,29-32,35-37,41-42H,12,16-18,26-28H2,1-10H3/b15-11+,19-13+,20-14+,23-21+,24-22+/t29?,30?,31?,32?,35-,36-,37-/m0/s1. The average Bonchev–Trinajstić information content (AvgIpc) is 2.84. The SMILES string of the molecule is CC1=C[C@H](O)CC(C)(C)[C@H]1/C=C/C(C)/C=C/CC(C)/C=C/CCC(C)C/C=C/C(C)/C=C/C1=C(C)C[C@H](O)CC1(C)C. The van der Waals surface area contributed by atoms with Crippen molar-refractivity contribution in [3.63, 3.8) is 0 Å². The molecule has 0 aliphatic heterocycles. The first-order valence-corrected chi connectivity index (χ1v) is 16.7. The van der Waals surface area contributed by atoms with Gasteiger partial charge in [0.2, 0.25) is 0 Å². The lowest BCUT2D eigenvalue weighted by atomic mass is 9.67. The van der Waals surface area contributed by atoms with E-state index in [0.717, 1.165) is 38.5 Å². The predicted octanol–water partition coefficient (Wildman–Crippen LogP) is 10.7. The quantitative estimate of drug-likeness (QED) is 0.202. The summed E-state index contributed by atoms with van der Waals surface area (Å²) in [6.45, 7) is 22.5. The molecular formula is C40H64O2. The topological polar surface area (TPSA) is 40.5 Å². The maximum Gasteiger partial charge on any atom is 0.0729 e. The summed E-state index contributed by atoms with van der Waals surface area (Å²) in [4.78, 5) is 0. The Hall–Kier alpha value is -1.90. The number of aliphatic hydroxyl groups is 2. The monoisotopic (exact) mass is 576 g/mol. The van der Waals surface area contributed by atoms with Crippen LogP contribution in [0.5, 0.6) is 0 Å². The summed E-state index contributed by atoms with van der Waals surface area (Å²) in [6.07, 6.45) is 32.0. The normalized spacial score (nSPS) is 27.9. The fourth-order valence-electron chi connectivity index (χ4n) is 6.94. The minimum absolute atomic E-state index is 0.0446. The molecule has 236 valence electrons. The van der Waals surface area contributed by atoms with Gasteiger partial charge in [-0.2, -0.15) is 0 Å². The van der Waals surface area contributed by atoms with E-state index in [9.17, 15) is 10.2 Å². The third-order valence-corrected chi connectivity index (χ3v) is 9.39. The van der Waals surface area contributed by atoms with Crippen molar-refractivity contribution in [2.75, 3.05) is 0 Å². The van der Waals surface area contributed by atoms with Crippen LogP contribution >= 0.6 is 0 Å². The minimum Gasteiger partial charge on any atom is -0.393 e. The van der Waals surface area contributed by atoms with Crippen LogP contribution in [0.15, 0.2) is 83.6 Å². The minimum atomic E-state index is -0.308. The molecule has 0 saturated heterocycles. The smallest absolute Gasteiger partial charge is 0.0729 e. The molecular weight excluding hydrogens is 512 g/mol. The van der Waals surface area contributed by atoms with Crippen molar-refractivity contribution in [2.24, 2.45) is 40.4 Å². The molecule has 0 saturated carbocycles. The molecule has 2 aliphatic carbocycles. The molecule has 2 aliphatic rings. The molecule has 0 aromatic rings. The van der Waals surface area contributed by atoms with Gasteiger partial charge in [0, 0.05) is 5.92 Å². The number of rotatable bonds is 14. The van der Waals surface area contributed by atoms with E-state index in [1.807, 2.05) is 6.08 Å². The van der Waals surface area contributed by atoms with Gasteiger partial charge in [-0.05, 0) is 98.9 Å². The molecule has 0 bridgehead atoms. The van der Waals surface area contributed by atoms with E-state index in [1.54, 1.807) is 0 Å². The summed E-state index contributed by atoms with van der Waals surface area (Å²) in [7, 11) is 0. The van der Waals surface area contributed by atoms with E-state index in [-0.39, 0.29) is 23.0 Å². The zero-order valence-corrected chi connectivity index (χ0v) is 28.7. The Labute approximate surface area is 260 Å². The molecule has 0 radical (unpaired) electrons. The summed E-state index contributed by atoms with van der Waals surface area (Å²) in [5.74, 6) is 2.47. The molecule has 2 N–H and O–H groups in total. The zero-order valence-electron chi connectivity index (χ0n) is 28.7. The lowest BCUT2D eigenvalue weighted by Gasteiger charge is -2.38. The van der Waals surface area contributed by atoms with Crippen molar-refractivity contribution >= 4 is 0 Å². The summed E-state index contributed by atoms with van der Waals surface area (Å²) in [5.41, 5.74) is 4.15. The average molecular weight is 577 g/mol.